The molecule has 1 aliphatic rings. The van der Waals surface area contributed by atoms with Crippen molar-refractivity contribution in [1.82, 2.24) is 0 Å². The Morgan fingerprint density at radius 2 is 1.78 bits per heavy atom. The summed E-state index contributed by atoms with van der Waals surface area (Å²) in [5, 5.41) is 49.6. The lowest BCUT2D eigenvalue weighted by Gasteiger charge is -2.39. The van der Waals surface area contributed by atoms with Crippen LogP contribution in [0.5, 0.6) is 17.2 Å². The predicted octanol–water partition coefficient (Wildman–Crippen LogP) is 1.94. The van der Waals surface area contributed by atoms with Crippen LogP contribution in [0.4, 0.5) is 0 Å². The monoisotopic (exact) mass is 500 g/mol. The molecule has 36 heavy (non-hydrogen) atoms. The minimum atomic E-state index is -1.55. The lowest BCUT2D eigenvalue weighted by molar-refractivity contribution is -0.277. The lowest BCUT2D eigenvalue weighted by Crippen LogP contribution is -2.60. The van der Waals surface area contributed by atoms with Crippen LogP contribution < -0.4 is 9.47 Å². The molecular formula is C27H32O9. The summed E-state index contributed by atoms with van der Waals surface area (Å²) in [6, 6.07) is 9.27. The quantitative estimate of drug-likeness (QED) is 0.198. The summed E-state index contributed by atoms with van der Waals surface area (Å²) in [5.74, 6) is 0.420. The van der Waals surface area contributed by atoms with Gasteiger partial charge >= 0.3 is 0 Å². The van der Waals surface area contributed by atoms with E-state index in [-0.39, 0.29) is 17.3 Å². The summed E-state index contributed by atoms with van der Waals surface area (Å²) in [4.78, 5) is 12.7. The van der Waals surface area contributed by atoms with Crippen LogP contribution in [-0.2, 0) is 10.2 Å². The van der Waals surface area contributed by atoms with Crippen molar-refractivity contribution in [2.24, 2.45) is 0 Å². The number of allylic oxidation sites excluding steroid dienone is 2. The fourth-order valence-corrected chi connectivity index (χ4v) is 3.78. The molecule has 2 aromatic carbocycles. The number of carbonyl (C=O) groups excluding carboxylic acids is 1. The van der Waals surface area contributed by atoms with Gasteiger partial charge in [0.05, 0.1) is 13.7 Å². The van der Waals surface area contributed by atoms with Crippen molar-refractivity contribution in [3.05, 3.63) is 71.8 Å². The number of aliphatic hydroxyl groups is 4. The number of aliphatic hydroxyl groups excluding tert-OH is 4. The minimum Gasteiger partial charge on any atom is -0.507 e. The van der Waals surface area contributed by atoms with Gasteiger partial charge in [0.25, 0.3) is 0 Å². The van der Waals surface area contributed by atoms with Gasteiger partial charge in [-0.1, -0.05) is 19.9 Å². The second kappa shape index (κ2) is 11.2. The number of phenols is 1. The van der Waals surface area contributed by atoms with Gasteiger partial charge < -0.3 is 39.7 Å². The third kappa shape index (κ3) is 5.77. The van der Waals surface area contributed by atoms with Crippen molar-refractivity contribution in [1.29, 1.82) is 0 Å². The third-order valence-electron chi connectivity index (χ3n) is 6.21. The molecule has 0 aromatic heterocycles. The Balaban J connectivity index is 1.75. The SMILES string of the molecule is C=CC(C)(C)c1cc(/C=C/C(=O)c2ccc(O[C@@H]3O[C@H](CO)[C@@H](O)[C@H](O)[C@H]3O)cc2)c(OC)cc1O. The van der Waals surface area contributed by atoms with Crippen LogP contribution in [0.15, 0.2) is 55.1 Å². The van der Waals surface area contributed by atoms with E-state index in [1.807, 2.05) is 13.8 Å². The molecule has 0 saturated carbocycles. The number of benzene rings is 2. The van der Waals surface area contributed by atoms with Crippen LogP contribution in [0.2, 0.25) is 0 Å². The van der Waals surface area contributed by atoms with E-state index >= 15 is 0 Å². The predicted molar refractivity (Wildman–Crippen MR) is 132 cm³/mol. The number of carbonyl (C=O) groups is 1. The van der Waals surface area contributed by atoms with Crippen LogP contribution >= 0.6 is 0 Å². The maximum absolute atomic E-state index is 12.7. The first-order chi connectivity index (χ1) is 17.0. The third-order valence-corrected chi connectivity index (χ3v) is 6.21. The van der Waals surface area contributed by atoms with Crippen LogP contribution in [0.1, 0.15) is 35.3 Å². The zero-order valence-electron chi connectivity index (χ0n) is 20.4. The highest BCUT2D eigenvalue weighted by atomic mass is 16.7. The van der Waals surface area contributed by atoms with Gasteiger partial charge in [-0.25, -0.2) is 0 Å². The molecule has 0 unspecified atom stereocenters. The standard InChI is InChI=1S/C27H32O9/c1-5-27(2,3)18-12-16(21(34-4)13-20(18)30)8-11-19(29)15-6-9-17(10-7-15)35-26-25(33)24(32)23(31)22(14-28)36-26/h5-13,22-26,28,30-33H,1,14H2,2-4H3/b11-8+/t22-,23-,24+,25-,26-/m1/s1. The molecule has 9 nitrogen and oxygen atoms in total. The molecule has 1 heterocycles. The van der Waals surface area contributed by atoms with Gasteiger partial charge in [-0.2, -0.15) is 0 Å². The molecule has 9 heteroatoms. The molecule has 1 saturated heterocycles. The highest BCUT2D eigenvalue weighted by Gasteiger charge is 2.44. The molecular weight excluding hydrogens is 468 g/mol. The van der Waals surface area contributed by atoms with Crippen LogP contribution in [0.25, 0.3) is 6.08 Å². The van der Waals surface area contributed by atoms with Gasteiger partial charge in [-0.05, 0) is 42.5 Å². The molecule has 1 fully saturated rings. The van der Waals surface area contributed by atoms with Gasteiger partial charge in [0.2, 0.25) is 6.29 Å². The topological polar surface area (TPSA) is 146 Å². The summed E-state index contributed by atoms with van der Waals surface area (Å²) < 4.78 is 16.2. The average molecular weight is 501 g/mol. The Morgan fingerprint density at radius 3 is 2.36 bits per heavy atom. The van der Waals surface area contributed by atoms with Crippen molar-refractivity contribution < 1.29 is 44.5 Å². The summed E-state index contributed by atoms with van der Waals surface area (Å²) in [7, 11) is 1.47. The van der Waals surface area contributed by atoms with Crippen molar-refractivity contribution in [2.45, 2.75) is 50.0 Å². The number of phenolic OH excluding ortho intramolecular Hbond substituents is 1. The van der Waals surface area contributed by atoms with E-state index < -0.39 is 42.7 Å². The first-order valence-corrected chi connectivity index (χ1v) is 11.4. The molecule has 5 N–H and O–H groups in total. The maximum Gasteiger partial charge on any atom is 0.229 e. The zero-order chi connectivity index (χ0) is 26.6. The summed E-state index contributed by atoms with van der Waals surface area (Å²) in [6.07, 6.45) is -2.28. The van der Waals surface area contributed by atoms with Gasteiger partial charge in [0, 0.05) is 28.2 Å². The molecule has 1 aliphatic heterocycles. The zero-order valence-corrected chi connectivity index (χ0v) is 20.4. The smallest absolute Gasteiger partial charge is 0.229 e. The number of ether oxygens (including phenoxy) is 3. The van der Waals surface area contributed by atoms with Crippen molar-refractivity contribution >= 4 is 11.9 Å². The fourth-order valence-electron chi connectivity index (χ4n) is 3.78. The van der Waals surface area contributed by atoms with Gasteiger partial charge in [0.15, 0.2) is 5.78 Å². The molecule has 5 atom stereocenters. The second-order valence-electron chi connectivity index (χ2n) is 9.07. The normalized spacial score (nSPS) is 24.5. The van der Waals surface area contributed by atoms with E-state index in [1.54, 1.807) is 18.2 Å². The Morgan fingerprint density at radius 1 is 1.11 bits per heavy atom. The largest absolute Gasteiger partial charge is 0.507 e. The van der Waals surface area contributed by atoms with E-state index in [4.69, 9.17) is 14.2 Å². The number of methoxy groups -OCH3 is 1. The summed E-state index contributed by atoms with van der Waals surface area (Å²) in [6.45, 7) is 7.07. The van der Waals surface area contributed by atoms with Crippen molar-refractivity contribution in [3.63, 3.8) is 0 Å². The Hall–Kier alpha value is -3.21. The van der Waals surface area contributed by atoms with Gasteiger partial charge in [0.1, 0.15) is 41.7 Å². The first-order valence-electron chi connectivity index (χ1n) is 11.4. The van der Waals surface area contributed by atoms with Crippen LogP contribution in [0, 0.1) is 0 Å². The van der Waals surface area contributed by atoms with E-state index in [1.165, 1.54) is 43.5 Å². The number of hydrogen-bond donors (Lipinski definition) is 5. The first kappa shape index (κ1) is 27.4. The number of aromatic hydroxyl groups is 1. The van der Waals surface area contributed by atoms with E-state index in [0.717, 1.165) is 0 Å². The number of rotatable bonds is 9. The van der Waals surface area contributed by atoms with E-state index in [9.17, 15) is 30.3 Å². The van der Waals surface area contributed by atoms with E-state index in [2.05, 4.69) is 6.58 Å². The number of ketones is 1. The van der Waals surface area contributed by atoms with Crippen LogP contribution in [-0.4, -0.2) is 75.7 Å². The maximum atomic E-state index is 12.7. The van der Waals surface area contributed by atoms with Gasteiger partial charge in [-0.15, -0.1) is 6.58 Å². The highest BCUT2D eigenvalue weighted by Crippen LogP contribution is 2.37. The fraction of sp³-hybridized carbons (Fsp3) is 0.370. The molecule has 0 radical (unpaired) electrons. The van der Waals surface area contributed by atoms with E-state index in [0.29, 0.717) is 22.4 Å². The molecule has 0 spiro atoms. The molecule has 0 bridgehead atoms. The Kier molecular flexibility index (Phi) is 8.55. The Labute approximate surface area is 209 Å². The second-order valence-corrected chi connectivity index (χ2v) is 9.07. The van der Waals surface area contributed by atoms with Crippen LogP contribution in [0.3, 0.4) is 0 Å². The van der Waals surface area contributed by atoms with Gasteiger partial charge in [-0.3, -0.25) is 4.79 Å². The van der Waals surface area contributed by atoms with Crippen molar-refractivity contribution in [3.8, 4) is 17.2 Å². The highest BCUT2D eigenvalue weighted by molar-refractivity contribution is 6.07. The van der Waals surface area contributed by atoms with Crippen molar-refractivity contribution in [2.75, 3.05) is 13.7 Å². The summed E-state index contributed by atoms with van der Waals surface area (Å²) in [5.41, 5.74) is 1.10. The molecule has 194 valence electrons. The molecule has 0 aliphatic carbocycles. The lowest BCUT2D eigenvalue weighted by atomic mass is 9.83. The Bertz CT molecular complexity index is 1100. The average Bonchev–Trinajstić information content (AvgIpc) is 2.88. The minimum absolute atomic E-state index is 0.0650. The summed E-state index contributed by atoms with van der Waals surface area (Å²) >= 11 is 0. The molecule has 3 rings (SSSR count). The molecule has 2 aromatic rings. The molecule has 0 amide bonds. The number of hydrogen-bond acceptors (Lipinski definition) is 9.